The van der Waals surface area contributed by atoms with Crippen molar-refractivity contribution in [3.63, 3.8) is 0 Å². The maximum atomic E-state index is 12.8. The highest BCUT2D eigenvalue weighted by Crippen LogP contribution is 2.19. The molecule has 124 valence electrons. The molecule has 23 heavy (non-hydrogen) atoms. The van der Waals surface area contributed by atoms with Crippen LogP contribution in [-0.2, 0) is 20.2 Å². The lowest BCUT2D eigenvalue weighted by atomic mass is 10.4. The predicted molar refractivity (Wildman–Crippen MR) is 81.9 cm³/mol. The summed E-state index contributed by atoms with van der Waals surface area (Å²) in [7, 11) is -5.37. The van der Waals surface area contributed by atoms with Gasteiger partial charge in [0, 0.05) is 14.1 Å². The van der Waals surface area contributed by atoms with Crippen LogP contribution < -0.4 is 9.62 Å². The summed E-state index contributed by atoms with van der Waals surface area (Å²) in [6, 6.07) is 3.72. The number of sulfonamides is 1. The maximum Gasteiger partial charge on any atom is 0.332 e. The Morgan fingerprint density at radius 2 is 1.43 bits per heavy atom. The molecule has 0 fully saturated rings. The fourth-order valence-electron chi connectivity index (χ4n) is 1.60. The number of halogens is 1. The Kier molecular flexibility index (Phi) is 4.52. The van der Waals surface area contributed by atoms with Crippen LogP contribution in [0.2, 0.25) is 0 Å². The average Bonchev–Trinajstić information content (AvgIpc) is 2.46. The van der Waals surface area contributed by atoms with E-state index in [0.717, 1.165) is 24.3 Å². The van der Waals surface area contributed by atoms with Gasteiger partial charge in [0.1, 0.15) is 0 Å². The van der Waals surface area contributed by atoms with Crippen molar-refractivity contribution in [3.8, 4) is 0 Å². The Balaban J connectivity index is 2.25. The number of benzene rings is 1. The molecular formula is C12H13FN4O4S2. The quantitative estimate of drug-likeness (QED) is 0.792. The first-order valence-corrected chi connectivity index (χ1v) is 9.03. The summed E-state index contributed by atoms with van der Waals surface area (Å²) in [4.78, 5) is 8.73. The third-order valence-corrected chi connectivity index (χ3v) is 4.94. The van der Waals surface area contributed by atoms with Gasteiger partial charge in [0.25, 0.3) is 10.0 Å². The van der Waals surface area contributed by atoms with Crippen molar-refractivity contribution in [2.24, 2.45) is 0 Å². The Morgan fingerprint density at radius 1 is 0.957 bits per heavy atom. The summed E-state index contributed by atoms with van der Waals surface area (Å²) in [6.45, 7) is 0. The molecule has 0 aliphatic heterocycles. The molecule has 0 bridgehead atoms. The van der Waals surface area contributed by atoms with Gasteiger partial charge < -0.3 is 4.90 Å². The number of nitrogens with zero attached hydrogens (tertiary/aromatic N) is 3. The van der Waals surface area contributed by atoms with Gasteiger partial charge in [-0.05, 0) is 24.3 Å². The fraction of sp³-hybridized carbons (Fsp3) is 0.167. The third-order valence-electron chi connectivity index (χ3n) is 2.71. The molecule has 0 amide bonds. The van der Waals surface area contributed by atoms with Gasteiger partial charge in [-0.25, -0.2) is 18.4 Å². The van der Waals surface area contributed by atoms with Crippen molar-refractivity contribution in [2.75, 3.05) is 23.7 Å². The van der Waals surface area contributed by atoms with Crippen LogP contribution in [0.15, 0.2) is 46.5 Å². The van der Waals surface area contributed by atoms with E-state index in [-0.39, 0.29) is 10.6 Å². The van der Waals surface area contributed by atoms with Gasteiger partial charge in [0.05, 0.1) is 27.9 Å². The molecule has 0 radical (unpaired) electrons. The zero-order valence-electron chi connectivity index (χ0n) is 12.1. The molecule has 2 aromatic rings. The number of aromatic nitrogens is 2. The van der Waals surface area contributed by atoms with Crippen LogP contribution in [0.25, 0.3) is 0 Å². The summed E-state index contributed by atoms with van der Waals surface area (Å²) < 4.78 is 60.8. The van der Waals surface area contributed by atoms with E-state index in [1.54, 1.807) is 19.0 Å². The largest absolute Gasteiger partial charge is 0.347 e. The first-order chi connectivity index (χ1) is 10.6. The van der Waals surface area contributed by atoms with E-state index in [9.17, 15) is 20.7 Å². The Morgan fingerprint density at radius 3 is 1.87 bits per heavy atom. The number of nitrogens with one attached hydrogen (secondary N) is 1. The molecule has 1 aromatic carbocycles. The lowest BCUT2D eigenvalue weighted by molar-refractivity contribution is 0.551. The minimum absolute atomic E-state index is 0.137. The van der Waals surface area contributed by atoms with Gasteiger partial charge in [-0.15, -0.1) is 3.89 Å². The molecule has 0 aliphatic carbocycles. The maximum absolute atomic E-state index is 12.8. The van der Waals surface area contributed by atoms with E-state index < -0.39 is 25.1 Å². The molecule has 1 aromatic heterocycles. The molecule has 1 N–H and O–H groups in total. The lowest BCUT2D eigenvalue weighted by Gasteiger charge is -2.11. The molecule has 0 aliphatic rings. The molecule has 8 nitrogen and oxygen atoms in total. The summed E-state index contributed by atoms with van der Waals surface area (Å²) in [6.07, 6.45) is 2.58. The molecule has 0 spiro atoms. The van der Waals surface area contributed by atoms with Crippen molar-refractivity contribution >= 4 is 31.9 Å². The summed E-state index contributed by atoms with van der Waals surface area (Å²) in [5.74, 6) is 0.408. The van der Waals surface area contributed by atoms with Gasteiger partial charge in [-0.1, -0.05) is 0 Å². The fourth-order valence-corrected chi connectivity index (χ4v) is 3.09. The highest BCUT2D eigenvalue weighted by atomic mass is 32.3. The standard InChI is InChI=1S/C12H13FN4O4S2/c1-17(2)12-14-7-9(8-15-12)16-23(20,21)11-5-3-10(4-6-11)22(13,18)19/h3-8,16H,1-2H3. The van der Waals surface area contributed by atoms with Gasteiger partial charge in [0.2, 0.25) is 5.95 Å². The summed E-state index contributed by atoms with van der Waals surface area (Å²) >= 11 is 0. The Bertz CT molecular complexity index is 895. The second-order valence-electron chi connectivity index (χ2n) is 4.68. The van der Waals surface area contributed by atoms with Crippen LogP contribution in [0.5, 0.6) is 0 Å². The Hall–Kier alpha value is -2.27. The van der Waals surface area contributed by atoms with Crippen LogP contribution in [0.1, 0.15) is 0 Å². The van der Waals surface area contributed by atoms with E-state index >= 15 is 0 Å². The van der Waals surface area contributed by atoms with Crippen LogP contribution >= 0.6 is 0 Å². The molecule has 0 unspecified atom stereocenters. The minimum atomic E-state index is -4.88. The van der Waals surface area contributed by atoms with Crippen molar-refractivity contribution in [3.05, 3.63) is 36.7 Å². The molecule has 2 rings (SSSR count). The highest BCUT2D eigenvalue weighted by molar-refractivity contribution is 7.92. The number of hydrogen-bond donors (Lipinski definition) is 1. The van der Waals surface area contributed by atoms with Crippen LogP contribution in [0.4, 0.5) is 15.5 Å². The van der Waals surface area contributed by atoms with Crippen LogP contribution in [0, 0.1) is 0 Å². The van der Waals surface area contributed by atoms with Crippen molar-refractivity contribution < 1.29 is 20.7 Å². The van der Waals surface area contributed by atoms with E-state index in [1.165, 1.54) is 12.4 Å². The molecular weight excluding hydrogens is 347 g/mol. The van der Waals surface area contributed by atoms with E-state index in [2.05, 4.69) is 14.7 Å². The van der Waals surface area contributed by atoms with E-state index in [4.69, 9.17) is 0 Å². The predicted octanol–water partition coefficient (Wildman–Crippen LogP) is 1.00. The molecule has 0 saturated heterocycles. The number of hydrogen-bond acceptors (Lipinski definition) is 7. The monoisotopic (exact) mass is 360 g/mol. The molecule has 11 heteroatoms. The minimum Gasteiger partial charge on any atom is -0.347 e. The normalized spacial score (nSPS) is 12.0. The van der Waals surface area contributed by atoms with Gasteiger partial charge in [-0.3, -0.25) is 4.72 Å². The van der Waals surface area contributed by atoms with Crippen molar-refractivity contribution in [2.45, 2.75) is 9.79 Å². The van der Waals surface area contributed by atoms with Crippen molar-refractivity contribution in [1.29, 1.82) is 0 Å². The van der Waals surface area contributed by atoms with Gasteiger partial charge in [0.15, 0.2) is 0 Å². The second-order valence-corrected chi connectivity index (χ2v) is 7.71. The third kappa shape index (κ3) is 4.13. The number of rotatable bonds is 5. The zero-order chi connectivity index (χ0) is 17.3. The molecule has 0 saturated carbocycles. The van der Waals surface area contributed by atoms with Gasteiger partial charge >= 0.3 is 10.2 Å². The Labute approximate surface area is 133 Å². The van der Waals surface area contributed by atoms with E-state index in [0.29, 0.717) is 5.95 Å². The summed E-state index contributed by atoms with van der Waals surface area (Å²) in [5.41, 5.74) is 0.137. The van der Waals surface area contributed by atoms with Gasteiger partial charge in [-0.2, -0.15) is 8.42 Å². The zero-order valence-corrected chi connectivity index (χ0v) is 13.8. The SMILES string of the molecule is CN(C)c1ncc(NS(=O)(=O)c2ccc(S(=O)(=O)F)cc2)cn1. The van der Waals surface area contributed by atoms with Crippen molar-refractivity contribution in [1.82, 2.24) is 9.97 Å². The lowest BCUT2D eigenvalue weighted by Crippen LogP contribution is -2.15. The van der Waals surface area contributed by atoms with E-state index in [1.807, 2.05) is 0 Å². The smallest absolute Gasteiger partial charge is 0.332 e. The second kappa shape index (κ2) is 6.08. The van der Waals surface area contributed by atoms with Crippen LogP contribution in [0.3, 0.4) is 0 Å². The molecule has 0 atom stereocenters. The topological polar surface area (TPSA) is 109 Å². The highest BCUT2D eigenvalue weighted by Gasteiger charge is 2.17. The summed E-state index contributed by atoms with van der Waals surface area (Å²) in [5, 5.41) is 0. The molecule has 1 heterocycles. The number of anilines is 2. The van der Waals surface area contributed by atoms with Crippen LogP contribution in [-0.4, -0.2) is 40.9 Å². The first kappa shape index (κ1) is 17.1. The average molecular weight is 360 g/mol. The first-order valence-electron chi connectivity index (χ1n) is 6.16.